The third kappa shape index (κ3) is 53.7. The summed E-state index contributed by atoms with van der Waals surface area (Å²) in [5, 5.41) is 23.4. The first-order valence-electron chi connectivity index (χ1n) is 30.6. The smallest absolute Gasteiger partial charge is 0.305 e. The van der Waals surface area contributed by atoms with Crippen molar-refractivity contribution in [1.82, 2.24) is 5.32 Å². The van der Waals surface area contributed by atoms with Crippen LogP contribution in [0.15, 0.2) is 24.3 Å². The molecule has 0 saturated carbocycles. The largest absolute Gasteiger partial charge is 0.466 e. The van der Waals surface area contributed by atoms with Crippen LogP contribution in [0, 0.1) is 0 Å². The normalized spacial score (nSPS) is 12.7. The van der Waals surface area contributed by atoms with E-state index in [0.29, 0.717) is 25.9 Å². The first-order chi connectivity index (χ1) is 33.5. The van der Waals surface area contributed by atoms with Crippen molar-refractivity contribution in [2.24, 2.45) is 0 Å². The van der Waals surface area contributed by atoms with Crippen LogP contribution in [0.2, 0.25) is 0 Å². The Labute approximate surface area is 424 Å². The highest BCUT2D eigenvalue weighted by Gasteiger charge is 2.20. The molecule has 2 unspecified atom stereocenters. The van der Waals surface area contributed by atoms with Gasteiger partial charge in [-0.2, -0.15) is 0 Å². The molecule has 0 aromatic carbocycles. The zero-order chi connectivity index (χ0) is 49.3. The van der Waals surface area contributed by atoms with Gasteiger partial charge in [0.1, 0.15) is 0 Å². The Hall–Kier alpha value is -1.66. The lowest BCUT2D eigenvalue weighted by Gasteiger charge is -2.22. The van der Waals surface area contributed by atoms with E-state index >= 15 is 0 Å². The molecule has 0 aliphatic rings. The summed E-state index contributed by atoms with van der Waals surface area (Å²) in [6.07, 6.45) is 70.3. The van der Waals surface area contributed by atoms with Crippen LogP contribution in [-0.4, -0.2) is 47.4 Å². The molecular weight excluding hydrogens is 839 g/mol. The minimum atomic E-state index is -0.676. The second-order valence-electron chi connectivity index (χ2n) is 21.0. The minimum absolute atomic E-state index is 0.0155. The first-order valence-corrected chi connectivity index (χ1v) is 30.6. The van der Waals surface area contributed by atoms with Crippen LogP contribution >= 0.6 is 0 Å². The van der Waals surface area contributed by atoms with Crippen LogP contribution in [0.4, 0.5) is 0 Å². The van der Waals surface area contributed by atoms with Crippen LogP contribution in [-0.2, 0) is 14.3 Å². The Morgan fingerprint density at radius 3 is 1.13 bits per heavy atom. The maximum absolute atomic E-state index is 12.5. The van der Waals surface area contributed by atoms with E-state index in [1.54, 1.807) is 0 Å². The van der Waals surface area contributed by atoms with Crippen LogP contribution in [0.25, 0.3) is 0 Å². The summed E-state index contributed by atoms with van der Waals surface area (Å²) in [6.45, 7) is 4.92. The van der Waals surface area contributed by atoms with Gasteiger partial charge in [0.05, 0.1) is 25.4 Å². The third-order valence-electron chi connectivity index (χ3n) is 14.3. The fourth-order valence-electron chi connectivity index (χ4n) is 9.55. The minimum Gasteiger partial charge on any atom is -0.466 e. The molecule has 0 heterocycles. The molecule has 0 aliphatic heterocycles. The number of unbranched alkanes of at least 4 members (excludes halogenated alkanes) is 42. The molecule has 0 bridgehead atoms. The summed E-state index contributed by atoms with van der Waals surface area (Å²) < 4.78 is 5.48. The number of allylic oxidation sites excluding steroid dienone is 4. The van der Waals surface area contributed by atoms with E-state index in [2.05, 4.69) is 43.5 Å². The molecule has 0 radical (unpaired) electrons. The zero-order valence-corrected chi connectivity index (χ0v) is 45.9. The van der Waals surface area contributed by atoms with Crippen molar-refractivity contribution < 1.29 is 24.5 Å². The second kappa shape index (κ2) is 57.9. The van der Waals surface area contributed by atoms with Crippen molar-refractivity contribution >= 4 is 11.9 Å². The van der Waals surface area contributed by atoms with E-state index in [1.165, 1.54) is 238 Å². The molecule has 2 atom stereocenters. The summed E-state index contributed by atoms with van der Waals surface area (Å²) in [5.74, 6) is -0.0633. The number of carbonyl (C=O) groups excluding carboxylic acids is 2. The zero-order valence-electron chi connectivity index (χ0n) is 45.9. The third-order valence-corrected chi connectivity index (χ3v) is 14.3. The molecule has 0 spiro atoms. The van der Waals surface area contributed by atoms with Gasteiger partial charge in [-0.1, -0.05) is 289 Å². The van der Waals surface area contributed by atoms with Gasteiger partial charge in [-0.15, -0.1) is 0 Å². The van der Waals surface area contributed by atoms with Gasteiger partial charge in [0.15, 0.2) is 0 Å². The van der Waals surface area contributed by atoms with E-state index in [0.717, 1.165) is 64.2 Å². The average Bonchev–Trinajstić information content (AvgIpc) is 3.34. The Morgan fingerprint density at radius 2 is 0.735 bits per heavy atom. The Kier molecular flexibility index (Phi) is 56.5. The topological polar surface area (TPSA) is 95.9 Å². The van der Waals surface area contributed by atoms with Gasteiger partial charge in [0, 0.05) is 12.8 Å². The summed E-state index contributed by atoms with van der Waals surface area (Å²) >= 11 is 0. The molecule has 3 N–H and O–H groups in total. The lowest BCUT2D eigenvalue weighted by molar-refractivity contribution is -0.143. The van der Waals surface area contributed by atoms with Crippen LogP contribution in [0.1, 0.15) is 335 Å². The summed E-state index contributed by atoms with van der Waals surface area (Å²) in [4.78, 5) is 24.6. The molecule has 6 nitrogen and oxygen atoms in total. The molecule has 0 fully saturated rings. The number of ether oxygens (including phenoxy) is 1. The number of rotatable bonds is 57. The predicted octanol–water partition coefficient (Wildman–Crippen LogP) is 19.0. The van der Waals surface area contributed by atoms with E-state index < -0.39 is 12.1 Å². The fraction of sp³-hybridized carbons (Fsp3) is 0.903. The quantitative estimate of drug-likeness (QED) is 0.0321. The fourth-order valence-corrected chi connectivity index (χ4v) is 9.55. The van der Waals surface area contributed by atoms with Gasteiger partial charge in [0.2, 0.25) is 5.91 Å². The lowest BCUT2D eigenvalue weighted by Crippen LogP contribution is -2.45. The molecule has 0 aromatic heterocycles. The van der Waals surface area contributed by atoms with Crippen molar-refractivity contribution in [3.05, 3.63) is 24.3 Å². The van der Waals surface area contributed by atoms with Crippen molar-refractivity contribution in [2.75, 3.05) is 13.2 Å². The summed E-state index contributed by atoms with van der Waals surface area (Å²) in [6, 6.07) is -0.555. The van der Waals surface area contributed by atoms with E-state index in [1.807, 2.05) is 0 Å². The van der Waals surface area contributed by atoms with Crippen molar-refractivity contribution in [2.45, 2.75) is 347 Å². The molecule has 0 aliphatic carbocycles. The molecular formula is C62H119NO5. The molecule has 6 heteroatoms. The van der Waals surface area contributed by atoms with E-state index in [4.69, 9.17) is 4.74 Å². The number of esters is 1. The van der Waals surface area contributed by atoms with Gasteiger partial charge >= 0.3 is 5.97 Å². The van der Waals surface area contributed by atoms with Gasteiger partial charge in [-0.05, 0) is 57.8 Å². The SMILES string of the molecule is CCCCCC/C=C\C/C=C\CCCCCCCCCC(=O)OCCCCCCCCCCCCCCC(=O)NC(CO)C(O)CCCCCCCCCCCCCCCCCCCCCCC. The van der Waals surface area contributed by atoms with E-state index in [9.17, 15) is 19.8 Å². The Bertz CT molecular complexity index is 1060. The maximum Gasteiger partial charge on any atom is 0.305 e. The number of aliphatic hydroxyl groups is 2. The number of aliphatic hydroxyl groups excluding tert-OH is 2. The van der Waals surface area contributed by atoms with E-state index in [-0.39, 0.29) is 18.5 Å². The maximum atomic E-state index is 12.5. The standard InChI is InChI=1S/C62H119NO5/c1-3-5-7-9-11-13-15-17-19-21-23-24-25-26-28-30-34-38-42-46-50-54-60(65)59(58-64)63-61(66)55-51-47-43-39-35-32-33-37-41-45-49-53-57-68-62(67)56-52-48-44-40-36-31-29-27-22-20-18-16-14-12-10-8-6-4-2/h14,16,20,22,59-60,64-65H,3-13,15,17-19,21,23-58H2,1-2H3,(H,63,66)/b16-14-,22-20-. The van der Waals surface area contributed by atoms with Crippen molar-refractivity contribution in [3.63, 3.8) is 0 Å². The Morgan fingerprint density at radius 1 is 0.412 bits per heavy atom. The lowest BCUT2D eigenvalue weighted by atomic mass is 10.0. The highest BCUT2D eigenvalue weighted by molar-refractivity contribution is 5.76. The number of amides is 1. The van der Waals surface area contributed by atoms with Crippen LogP contribution < -0.4 is 5.32 Å². The van der Waals surface area contributed by atoms with Gasteiger partial charge in [-0.25, -0.2) is 0 Å². The monoisotopic (exact) mass is 958 g/mol. The predicted molar refractivity (Wildman–Crippen MR) is 296 cm³/mol. The number of carbonyl (C=O) groups is 2. The Balaban J connectivity index is 3.45. The van der Waals surface area contributed by atoms with Crippen LogP contribution in [0.3, 0.4) is 0 Å². The van der Waals surface area contributed by atoms with Crippen LogP contribution in [0.5, 0.6) is 0 Å². The molecule has 402 valence electrons. The van der Waals surface area contributed by atoms with Gasteiger partial charge in [-0.3, -0.25) is 9.59 Å². The average molecular weight is 959 g/mol. The highest BCUT2D eigenvalue weighted by atomic mass is 16.5. The highest BCUT2D eigenvalue weighted by Crippen LogP contribution is 2.18. The number of nitrogens with one attached hydrogen (secondary N) is 1. The van der Waals surface area contributed by atoms with Gasteiger partial charge in [0.25, 0.3) is 0 Å². The molecule has 0 saturated heterocycles. The van der Waals surface area contributed by atoms with Crippen molar-refractivity contribution in [1.29, 1.82) is 0 Å². The van der Waals surface area contributed by atoms with Gasteiger partial charge < -0.3 is 20.3 Å². The summed E-state index contributed by atoms with van der Waals surface area (Å²) in [7, 11) is 0. The molecule has 0 rings (SSSR count). The number of hydrogen-bond donors (Lipinski definition) is 3. The second-order valence-corrected chi connectivity index (χ2v) is 21.0. The van der Waals surface area contributed by atoms with Crippen molar-refractivity contribution in [3.8, 4) is 0 Å². The summed E-state index contributed by atoms with van der Waals surface area (Å²) in [5.41, 5.74) is 0. The molecule has 1 amide bonds. The molecule has 68 heavy (non-hydrogen) atoms. The molecule has 0 aromatic rings. The first kappa shape index (κ1) is 66.3. The number of hydrogen-bond acceptors (Lipinski definition) is 5.